The third-order valence-corrected chi connectivity index (χ3v) is 5.07. The topological polar surface area (TPSA) is 110 Å². The van der Waals surface area contributed by atoms with Gasteiger partial charge in [0.2, 0.25) is 5.88 Å². The molecule has 1 aliphatic heterocycles. The van der Waals surface area contributed by atoms with E-state index in [2.05, 4.69) is 15.3 Å². The Kier molecular flexibility index (Phi) is 4.58. The third kappa shape index (κ3) is 3.71. The van der Waals surface area contributed by atoms with Crippen molar-refractivity contribution in [3.8, 4) is 17.0 Å². The molecule has 1 unspecified atom stereocenters. The second-order valence-corrected chi connectivity index (χ2v) is 7.61. The summed E-state index contributed by atoms with van der Waals surface area (Å²) in [4.78, 5) is 19.0. The molecule has 0 saturated heterocycles. The Morgan fingerprint density at radius 2 is 1.72 bits per heavy atom. The first-order valence-electron chi connectivity index (χ1n) is 9.30. The minimum Gasteiger partial charge on any atom is -0.481 e. The Hall–Kier alpha value is -3.61. The number of nitrogens with one attached hydrogen (secondary N) is 1. The van der Waals surface area contributed by atoms with E-state index in [1.807, 2.05) is 62.4 Å². The number of hydrogen-bond acceptors (Lipinski definition) is 6. The summed E-state index contributed by atoms with van der Waals surface area (Å²) in [6.07, 6.45) is 1.42. The number of anilines is 2. The molecule has 148 valence electrons. The monoisotopic (exact) mass is 390 g/mol. The highest BCUT2D eigenvalue weighted by Crippen LogP contribution is 2.43. The van der Waals surface area contributed by atoms with Crippen molar-refractivity contribution in [2.75, 3.05) is 11.1 Å². The number of aromatic nitrogens is 2. The molecule has 2 aromatic carbocycles. The zero-order valence-electron chi connectivity index (χ0n) is 16.2. The van der Waals surface area contributed by atoms with Gasteiger partial charge in [-0.15, -0.1) is 0 Å². The Labute approximate surface area is 168 Å². The maximum absolute atomic E-state index is 10.8. The van der Waals surface area contributed by atoms with Crippen LogP contribution in [0.15, 0.2) is 54.9 Å². The second kappa shape index (κ2) is 7.09. The maximum Gasteiger partial charge on any atom is 0.307 e. The summed E-state index contributed by atoms with van der Waals surface area (Å²) in [7, 11) is 0. The van der Waals surface area contributed by atoms with Crippen LogP contribution in [-0.4, -0.2) is 26.6 Å². The van der Waals surface area contributed by atoms with Crippen LogP contribution in [0.3, 0.4) is 0 Å². The Bertz CT molecular complexity index is 1050. The minimum absolute atomic E-state index is 0.0238. The molecule has 29 heavy (non-hydrogen) atoms. The normalized spacial score (nSPS) is 17.0. The largest absolute Gasteiger partial charge is 0.481 e. The van der Waals surface area contributed by atoms with Crippen molar-refractivity contribution in [3.05, 3.63) is 66.0 Å². The van der Waals surface area contributed by atoms with Crippen molar-refractivity contribution in [2.45, 2.75) is 31.9 Å². The van der Waals surface area contributed by atoms with Crippen LogP contribution in [0.25, 0.3) is 11.1 Å². The zero-order valence-corrected chi connectivity index (χ0v) is 16.2. The van der Waals surface area contributed by atoms with Crippen molar-refractivity contribution in [2.24, 2.45) is 0 Å². The molecule has 1 aromatic heterocycles. The first-order chi connectivity index (χ1) is 13.8. The molecule has 0 fully saturated rings. The molecule has 4 rings (SSSR count). The van der Waals surface area contributed by atoms with Gasteiger partial charge in [0.05, 0.1) is 12.5 Å². The molecule has 1 aliphatic rings. The molecule has 3 aromatic rings. The number of nitrogen functional groups attached to an aromatic ring is 1. The zero-order chi connectivity index (χ0) is 20.6. The average molecular weight is 390 g/mol. The number of rotatable bonds is 4. The summed E-state index contributed by atoms with van der Waals surface area (Å²) in [5, 5.41) is 12.3. The number of hydrogen-bond donors (Lipinski definition) is 3. The second-order valence-electron chi connectivity index (χ2n) is 7.61. The minimum atomic E-state index is -0.834. The summed E-state index contributed by atoms with van der Waals surface area (Å²) in [5.74, 6) is -0.0232. The molecule has 2 heterocycles. The fraction of sp³-hybridized carbons (Fsp3) is 0.227. The van der Waals surface area contributed by atoms with Crippen LogP contribution >= 0.6 is 0 Å². The fourth-order valence-electron chi connectivity index (χ4n) is 3.56. The van der Waals surface area contributed by atoms with Gasteiger partial charge in [0, 0.05) is 0 Å². The van der Waals surface area contributed by atoms with E-state index in [4.69, 9.17) is 15.6 Å². The number of carboxylic acid groups (broad SMARTS) is 1. The average Bonchev–Trinajstić information content (AvgIpc) is 2.67. The Morgan fingerprint density at radius 1 is 1.10 bits per heavy atom. The lowest BCUT2D eigenvalue weighted by atomic mass is 9.89. The van der Waals surface area contributed by atoms with Crippen molar-refractivity contribution in [1.29, 1.82) is 0 Å². The molecule has 7 heteroatoms. The van der Waals surface area contributed by atoms with Gasteiger partial charge in [-0.1, -0.05) is 48.5 Å². The first kappa shape index (κ1) is 18.7. The molecule has 0 saturated carbocycles. The number of carbonyl (C=O) groups is 1. The van der Waals surface area contributed by atoms with E-state index < -0.39 is 11.6 Å². The van der Waals surface area contributed by atoms with Crippen LogP contribution in [0.4, 0.5) is 11.5 Å². The summed E-state index contributed by atoms with van der Waals surface area (Å²) in [6.45, 7) is 4.00. The highest BCUT2D eigenvalue weighted by molar-refractivity contribution is 5.72. The Morgan fingerprint density at radius 3 is 2.34 bits per heavy atom. The van der Waals surface area contributed by atoms with Crippen LogP contribution in [0, 0.1) is 0 Å². The molecule has 0 aliphatic carbocycles. The predicted molar refractivity (Wildman–Crippen MR) is 111 cm³/mol. The summed E-state index contributed by atoms with van der Waals surface area (Å²) in [6, 6.07) is 15.6. The lowest BCUT2D eigenvalue weighted by Crippen LogP contribution is -2.44. The lowest BCUT2D eigenvalue weighted by Gasteiger charge is -2.40. The molecular weight excluding hydrogens is 368 g/mol. The number of benzene rings is 2. The summed E-state index contributed by atoms with van der Waals surface area (Å²) >= 11 is 0. The van der Waals surface area contributed by atoms with Gasteiger partial charge in [0.25, 0.3) is 0 Å². The summed E-state index contributed by atoms with van der Waals surface area (Å²) in [5.41, 5.74) is 9.96. The molecule has 0 amide bonds. The molecule has 7 nitrogen and oxygen atoms in total. The smallest absolute Gasteiger partial charge is 0.307 e. The van der Waals surface area contributed by atoms with E-state index in [9.17, 15) is 4.79 Å². The fourth-order valence-corrected chi connectivity index (χ4v) is 3.56. The van der Waals surface area contributed by atoms with Gasteiger partial charge in [-0.2, -0.15) is 4.98 Å². The SMILES string of the molecule is CC1(C)Oc2ncnc(N)c2NC1c1ccc(-c2ccc(CC(=O)O)cc2)cc1. The highest BCUT2D eigenvalue weighted by Gasteiger charge is 2.39. The van der Waals surface area contributed by atoms with E-state index in [1.54, 1.807) is 0 Å². The van der Waals surface area contributed by atoms with Crippen LogP contribution in [0.1, 0.15) is 31.0 Å². The van der Waals surface area contributed by atoms with Gasteiger partial charge >= 0.3 is 5.97 Å². The van der Waals surface area contributed by atoms with Crippen molar-refractivity contribution >= 4 is 17.5 Å². The van der Waals surface area contributed by atoms with Crippen molar-refractivity contribution in [3.63, 3.8) is 0 Å². The van der Waals surface area contributed by atoms with Crippen LogP contribution in [0.2, 0.25) is 0 Å². The number of nitrogens with zero attached hydrogens (tertiary/aromatic N) is 2. The van der Waals surface area contributed by atoms with E-state index in [0.717, 1.165) is 22.3 Å². The Balaban J connectivity index is 1.59. The molecule has 0 spiro atoms. The number of carboxylic acids is 1. The van der Waals surface area contributed by atoms with Crippen molar-refractivity contribution in [1.82, 2.24) is 9.97 Å². The molecule has 0 radical (unpaired) electrons. The summed E-state index contributed by atoms with van der Waals surface area (Å²) < 4.78 is 6.09. The van der Waals surface area contributed by atoms with Gasteiger partial charge in [-0.05, 0) is 36.1 Å². The third-order valence-electron chi connectivity index (χ3n) is 5.07. The first-order valence-corrected chi connectivity index (χ1v) is 9.30. The number of nitrogens with two attached hydrogens (primary N) is 1. The highest BCUT2D eigenvalue weighted by atomic mass is 16.5. The van der Waals surface area contributed by atoms with Gasteiger partial charge in [-0.3, -0.25) is 4.79 Å². The van der Waals surface area contributed by atoms with Crippen LogP contribution in [-0.2, 0) is 11.2 Å². The number of ether oxygens (including phenoxy) is 1. The van der Waals surface area contributed by atoms with Gasteiger partial charge in [0.15, 0.2) is 5.82 Å². The standard InChI is InChI=1S/C22H22N4O3/c1-22(2)19(26-18-20(23)24-12-25-21(18)29-22)16-9-7-15(8-10-16)14-5-3-13(4-6-14)11-17(27)28/h3-10,12,19,26H,11H2,1-2H3,(H,27,28)(H2,23,24,25). The molecular formula is C22H22N4O3. The quantitative estimate of drug-likeness (QED) is 0.623. The lowest BCUT2D eigenvalue weighted by molar-refractivity contribution is -0.136. The molecule has 4 N–H and O–H groups in total. The maximum atomic E-state index is 10.8. The van der Waals surface area contributed by atoms with E-state index >= 15 is 0 Å². The molecule has 1 atom stereocenters. The van der Waals surface area contributed by atoms with Crippen molar-refractivity contribution < 1.29 is 14.6 Å². The van der Waals surface area contributed by atoms with Crippen LogP contribution < -0.4 is 15.8 Å². The van der Waals surface area contributed by atoms with E-state index in [1.165, 1.54) is 6.33 Å². The number of fused-ring (bicyclic) bond motifs is 1. The number of aliphatic carboxylic acids is 1. The van der Waals surface area contributed by atoms with E-state index in [0.29, 0.717) is 17.4 Å². The van der Waals surface area contributed by atoms with Crippen LogP contribution in [0.5, 0.6) is 5.88 Å². The van der Waals surface area contributed by atoms with Gasteiger partial charge in [-0.25, -0.2) is 4.98 Å². The van der Waals surface area contributed by atoms with Gasteiger partial charge < -0.3 is 20.9 Å². The molecule has 0 bridgehead atoms. The van der Waals surface area contributed by atoms with E-state index in [-0.39, 0.29) is 12.5 Å². The van der Waals surface area contributed by atoms with Gasteiger partial charge in [0.1, 0.15) is 17.6 Å². The predicted octanol–water partition coefficient (Wildman–Crippen LogP) is 3.68.